The van der Waals surface area contributed by atoms with Crippen LogP contribution in [0.25, 0.3) is 10.8 Å². The van der Waals surface area contributed by atoms with E-state index in [1.165, 1.54) is 12.1 Å². The molecule has 0 aliphatic carbocycles. The molecule has 1 saturated heterocycles. The lowest BCUT2D eigenvalue weighted by molar-refractivity contribution is 0.0639. The summed E-state index contributed by atoms with van der Waals surface area (Å²) in [7, 11) is 0. The predicted molar refractivity (Wildman–Crippen MR) is 99.8 cm³/mol. The van der Waals surface area contributed by atoms with E-state index in [0.29, 0.717) is 19.2 Å². The number of hydrogen-bond donors (Lipinski definition) is 2. The van der Waals surface area contributed by atoms with Gasteiger partial charge in [0.25, 0.3) is 0 Å². The van der Waals surface area contributed by atoms with E-state index < -0.39 is 6.10 Å². The third kappa shape index (κ3) is 3.55. The normalized spacial score (nSPS) is 19.3. The van der Waals surface area contributed by atoms with Crippen LogP contribution in [0, 0.1) is 0 Å². The Kier molecular flexibility index (Phi) is 4.72. The van der Waals surface area contributed by atoms with Crippen molar-refractivity contribution in [3.8, 4) is 5.75 Å². The van der Waals surface area contributed by atoms with E-state index in [1.54, 1.807) is 0 Å². The number of H-pyrrole nitrogens is 1. The Bertz CT molecular complexity index is 810. The van der Waals surface area contributed by atoms with Crippen LogP contribution in [0.4, 0.5) is 0 Å². The Morgan fingerprint density at radius 3 is 2.88 bits per heavy atom. The minimum Gasteiger partial charge on any atom is -0.490 e. The lowest BCUT2D eigenvalue weighted by Gasteiger charge is -2.26. The number of benzene rings is 2. The van der Waals surface area contributed by atoms with E-state index in [0.717, 1.165) is 29.5 Å². The molecule has 2 heterocycles. The van der Waals surface area contributed by atoms with Gasteiger partial charge in [0.15, 0.2) is 0 Å². The summed E-state index contributed by atoms with van der Waals surface area (Å²) in [5.41, 5.74) is 1.24. The highest BCUT2D eigenvalue weighted by Crippen LogP contribution is 2.31. The molecule has 25 heavy (non-hydrogen) atoms. The van der Waals surface area contributed by atoms with Gasteiger partial charge in [0.2, 0.25) is 0 Å². The van der Waals surface area contributed by atoms with Gasteiger partial charge in [0.05, 0.1) is 0 Å². The molecule has 0 radical (unpaired) electrons. The molecule has 4 rings (SSSR count). The van der Waals surface area contributed by atoms with Crippen molar-refractivity contribution in [3.63, 3.8) is 0 Å². The second-order valence-electron chi connectivity index (χ2n) is 6.72. The summed E-state index contributed by atoms with van der Waals surface area (Å²) < 4.78 is 5.93. The van der Waals surface area contributed by atoms with Crippen molar-refractivity contribution in [2.24, 2.45) is 0 Å². The van der Waals surface area contributed by atoms with Gasteiger partial charge in [0, 0.05) is 29.9 Å². The molecule has 0 amide bonds. The topological polar surface area (TPSA) is 48.5 Å². The van der Waals surface area contributed by atoms with Gasteiger partial charge in [-0.15, -0.1) is 0 Å². The van der Waals surface area contributed by atoms with Crippen molar-refractivity contribution in [3.05, 3.63) is 66.5 Å². The van der Waals surface area contributed by atoms with Crippen LogP contribution in [-0.4, -0.2) is 40.8 Å². The Labute approximate surface area is 148 Å². The van der Waals surface area contributed by atoms with Crippen LogP contribution in [0.1, 0.15) is 24.6 Å². The molecule has 4 heteroatoms. The number of nitrogens with zero attached hydrogens (tertiary/aromatic N) is 1. The van der Waals surface area contributed by atoms with Crippen molar-refractivity contribution in [2.45, 2.75) is 25.0 Å². The fourth-order valence-electron chi connectivity index (χ4n) is 3.78. The number of aromatic amines is 1. The van der Waals surface area contributed by atoms with Gasteiger partial charge in [-0.1, -0.05) is 36.4 Å². The van der Waals surface area contributed by atoms with E-state index in [1.807, 2.05) is 36.5 Å². The summed E-state index contributed by atoms with van der Waals surface area (Å²) in [6, 6.07) is 18.7. The quantitative estimate of drug-likeness (QED) is 0.721. The van der Waals surface area contributed by atoms with E-state index in [2.05, 4.69) is 34.1 Å². The van der Waals surface area contributed by atoms with Crippen LogP contribution in [0.5, 0.6) is 5.75 Å². The van der Waals surface area contributed by atoms with Crippen LogP contribution in [0.3, 0.4) is 0 Å². The standard InChI is InChI=1S/C21H24N2O2/c24-17(14-23-13-5-10-20(23)19-9-4-12-22-19)15-25-21-11-3-7-16-6-1-2-8-18(16)21/h1-4,6-9,11-12,17,20,22,24H,5,10,13-15H2. The van der Waals surface area contributed by atoms with Gasteiger partial charge in [-0.25, -0.2) is 0 Å². The molecule has 0 saturated carbocycles. The molecule has 2 unspecified atom stereocenters. The Balaban J connectivity index is 1.38. The number of nitrogens with one attached hydrogen (secondary N) is 1. The van der Waals surface area contributed by atoms with E-state index in [4.69, 9.17) is 4.74 Å². The van der Waals surface area contributed by atoms with Gasteiger partial charge in [0.1, 0.15) is 18.5 Å². The molecule has 1 fully saturated rings. The smallest absolute Gasteiger partial charge is 0.127 e. The highest BCUT2D eigenvalue weighted by atomic mass is 16.5. The lowest BCUT2D eigenvalue weighted by atomic mass is 10.1. The monoisotopic (exact) mass is 336 g/mol. The maximum absolute atomic E-state index is 10.5. The highest BCUT2D eigenvalue weighted by Gasteiger charge is 2.28. The third-order valence-corrected chi connectivity index (χ3v) is 4.97. The molecular formula is C21H24N2O2. The summed E-state index contributed by atoms with van der Waals surface area (Å²) in [4.78, 5) is 5.66. The molecule has 1 aliphatic heterocycles. The number of aliphatic hydroxyl groups excluding tert-OH is 1. The SMILES string of the molecule is OC(COc1cccc2ccccc12)CN1CCCC1c1ccc[nH]1. The summed E-state index contributed by atoms with van der Waals surface area (Å²) in [5.74, 6) is 0.833. The summed E-state index contributed by atoms with van der Waals surface area (Å²) in [6.07, 6.45) is 3.76. The lowest BCUT2D eigenvalue weighted by Crippen LogP contribution is -2.35. The first-order valence-corrected chi connectivity index (χ1v) is 8.97. The number of rotatable bonds is 6. The zero-order valence-corrected chi connectivity index (χ0v) is 14.3. The number of hydrogen-bond acceptors (Lipinski definition) is 3. The van der Waals surface area contributed by atoms with Crippen molar-refractivity contribution in [2.75, 3.05) is 19.7 Å². The molecule has 0 spiro atoms. The van der Waals surface area contributed by atoms with Crippen LogP contribution in [0.2, 0.25) is 0 Å². The first-order valence-electron chi connectivity index (χ1n) is 8.97. The fraction of sp³-hybridized carbons (Fsp3) is 0.333. The Hall–Kier alpha value is -2.30. The molecule has 3 aromatic rings. The zero-order valence-electron chi connectivity index (χ0n) is 14.3. The van der Waals surface area contributed by atoms with Crippen LogP contribution < -0.4 is 4.74 Å². The van der Waals surface area contributed by atoms with E-state index in [-0.39, 0.29) is 0 Å². The maximum atomic E-state index is 10.5. The van der Waals surface area contributed by atoms with Crippen LogP contribution in [0.15, 0.2) is 60.8 Å². The molecule has 2 atom stereocenters. The minimum atomic E-state index is -0.505. The number of β-amino-alcohol motifs (C(OH)–C–C–N with tert-alkyl or cyclic N) is 1. The van der Waals surface area contributed by atoms with E-state index >= 15 is 0 Å². The first-order chi connectivity index (χ1) is 12.3. The zero-order chi connectivity index (χ0) is 17.1. The number of fused-ring (bicyclic) bond motifs is 1. The highest BCUT2D eigenvalue weighted by molar-refractivity contribution is 5.88. The van der Waals surface area contributed by atoms with Crippen LogP contribution in [-0.2, 0) is 0 Å². The number of ether oxygens (including phenoxy) is 1. The van der Waals surface area contributed by atoms with Gasteiger partial charge in [-0.3, -0.25) is 4.90 Å². The second-order valence-corrected chi connectivity index (χ2v) is 6.72. The predicted octanol–water partition coefficient (Wildman–Crippen LogP) is 3.74. The van der Waals surface area contributed by atoms with Crippen molar-refractivity contribution < 1.29 is 9.84 Å². The van der Waals surface area contributed by atoms with Crippen molar-refractivity contribution in [1.82, 2.24) is 9.88 Å². The van der Waals surface area contributed by atoms with Gasteiger partial charge in [-0.2, -0.15) is 0 Å². The number of likely N-dealkylation sites (tertiary alicyclic amines) is 1. The van der Waals surface area contributed by atoms with Crippen molar-refractivity contribution in [1.29, 1.82) is 0 Å². The minimum absolute atomic E-state index is 0.307. The molecule has 2 N–H and O–H groups in total. The van der Waals surface area contributed by atoms with Gasteiger partial charge >= 0.3 is 0 Å². The molecule has 4 nitrogen and oxygen atoms in total. The molecular weight excluding hydrogens is 312 g/mol. The van der Waals surface area contributed by atoms with Gasteiger partial charge < -0.3 is 14.8 Å². The summed E-state index contributed by atoms with van der Waals surface area (Å²) in [5, 5.41) is 12.7. The maximum Gasteiger partial charge on any atom is 0.127 e. The second kappa shape index (κ2) is 7.30. The first kappa shape index (κ1) is 16.2. The van der Waals surface area contributed by atoms with Crippen molar-refractivity contribution >= 4 is 10.8 Å². The Morgan fingerprint density at radius 1 is 1.12 bits per heavy atom. The van der Waals surface area contributed by atoms with Crippen LogP contribution >= 0.6 is 0 Å². The molecule has 130 valence electrons. The van der Waals surface area contributed by atoms with Gasteiger partial charge in [-0.05, 0) is 43.0 Å². The molecule has 1 aromatic heterocycles. The Morgan fingerprint density at radius 2 is 2.00 bits per heavy atom. The fourth-order valence-corrected chi connectivity index (χ4v) is 3.78. The third-order valence-electron chi connectivity index (χ3n) is 4.97. The summed E-state index contributed by atoms with van der Waals surface area (Å²) >= 11 is 0. The average Bonchev–Trinajstić information content (AvgIpc) is 3.31. The largest absolute Gasteiger partial charge is 0.490 e. The molecule has 0 bridgehead atoms. The molecule has 1 aliphatic rings. The molecule has 2 aromatic carbocycles. The van der Waals surface area contributed by atoms with E-state index in [9.17, 15) is 5.11 Å². The number of aliphatic hydroxyl groups is 1. The number of aromatic nitrogens is 1. The average molecular weight is 336 g/mol. The summed E-state index contributed by atoms with van der Waals surface area (Å²) in [6.45, 7) is 1.96.